The maximum atomic E-state index is 5.74. The summed E-state index contributed by atoms with van der Waals surface area (Å²) in [5.41, 5.74) is 1.50. The predicted molar refractivity (Wildman–Crippen MR) is 90.6 cm³/mol. The number of benzene rings is 1. The van der Waals surface area contributed by atoms with Crippen molar-refractivity contribution in [1.82, 2.24) is 15.2 Å². The van der Waals surface area contributed by atoms with E-state index in [0.29, 0.717) is 11.4 Å². The first-order chi connectivity index (χ1) is 9.95. The van der Waals surface area contributed by atoms with Crippen LogP contribution in [0.3, 0.4) is 0 Å². The lowest BCUT2D eigenvalue weighted by Gasteiger charge is -2.19. The van der Waals surface area contributed by atoms with Gasteiger partial charge in [0.2, 0.25) is 0 Å². The van der Waals surface area contributed by atoms with Gasteiger partial charge in [-0.1, -0.05) is 32.9 Å². The SMILES string of the molecule is CC(C)(C)c1ccc(OCCSCc2n[nH]c(=S)[nH]2)cc1. The second-order valence-electron chi connectivity index (χ2n) is 5.80. The van der Waals surface area contributed by atoms with Crippen LogP contribution in [0.25, 0.3) is 0 Å². The smallest absolute Gasteiger partial charge is 0.192 e. The number of ether oxygens (including phenoxy) is 1. The van der Waals surface area contributed by atoms with Crippen molar-refractivity contribution in [2.24, 2.45) is 0 Å². The molecule has 0 aliphatic carbocycles. The van der Waals surface area contributed by atoms with Crippen molar-refractivity contribution in [1.29, 1.82) is 0 Å². The van der Waals surface area contributed by atoms with E-state index >= 15 is 0 Å². The Hall–Kier alpha value is -1.27. The van der Waals surface area contributed by atoms with E-state index < -0.39 is 0 Å². The van der Waals surface area contributed by atoms with E-state index in [1.165, 1.54) is 5.56 Å². The van der Waals surface area contributed by atoms with Gasteiger partial charge in [0.15, 0.2) is 4.77 Å². The first-order valence-corrected chi connectivity index (χ1v) is 8.46. The van der Waals surface area contributed by atoms with Crippen LogP contribution in [0.15, 0.2) is 24.3 Å². The van der Waals surface area contributed by atoms with E-state index in [4.69, 9.17) is 17.0 Å². The van der Waals surface area contributed by atoms with Crippen molar-refractivity contribution < 1.29 is 4.74 Å². The molecule has 0 saturated heterocycles. The number of rotatable bonds is 6. The van der Waals surface area contributed by atoms with Gasteiger partial charge in [0, 0.05) is 5.75 Å². The van der Waals surface area contributed by atoms with Gasteiger partial charge in [0.25, 0.3) is 0 Å². The van der Waals surface area contributed by atoms with Gasteiger partial charge in [-0.3, -0.25) is 5.10 Å². The van der Waals surface area contributed by atoms with Gasteiger partial charge in [-0.25, -0.2) is 0 Å². The number of H-pyrrole nitrogens is 2. The molecule has 0 radical (unpaired) electrons. The number of hydrogen-bond donors (Lipinski definition) is 2. The second-order valence-corrected chi connectivity index (χ2v) is 7.31. The van der Waals surface area contributed by atoms with Crippen molar-refractivity contribution in [3.63, 3.8) is 0 Å². The normalized spacial score (nSPS) is 11.6. The van der Waals surface area contributed by atoms with E-state index in [1.807, 2.05) is 12.1 Å². The predicted octanol–water partition coefficient (Wildman–Crippen LogP) is 4.08. The van der Waals surface area contributed by atoms with Gasteiger partial charge >= 0.3 is 0 Å². The average Bonchev–Trinajstić information content (AvgIpc) is 2.84. The highest BCUT2D eigenvalue weighted by Gasteiger charge is 2.12. The van der Waals surface area contributed by atoms with Crippen LogP contribution >= 0.6 is 24.0 Å². The molecule has 1 heterocycles. The van der Waals surface area contributed by atoms with Crippen LogP contribution < -0.4 is 4.74 Å². The third-order valence-electron chi connectivity index (χ3n) is 3.01. The van der Waals surface area contributed by atoms with E-state index in [2.05, 4.69) is 48.1 Å². The molecule has 0 atom stereocenters. The molecule has 1 aromatic carbocycles. The molecule has 1 aromatic heterocycles. The molecule has 0 unspecified atom stereocenters. The summed E-state index contributed by atoms with van der Waals surface area (Å²) in [5, 5.41) is 6.78. The quantitative estimate of drug-likeness (QED) is 0.621. The lowest BCUT2D eigenvalue weighted by molar-refractivity contribution is 0.343. The molecule has 0 aliphatic heterocycles. The second kappa shape index (κ2) is 7.13. The largest absolute Gasteiger partial charge is 0.493 e. The number of aromatic nitrogens is 3. The van der Waals surface area contributed by atoms with Gasteiger partial charge in [0.05, 0.1) is 12.4 Å². The van der Waals surface area contributed by atoms with Crippen LogP contribution in [-0.2, 0) is 11.2 Å². The summed E-state index contributed by atoms with van der Waals surface area (Å²) in [7, 11) is 0. The van der Waals surface area contributed by atoms with Crippen LogP contribution in [0.5, 0.6) is 5.75 Å². The molecule has 2 aromatic rings. The molecular formula is C15H21N3OS2. The molecule has 0 fully saturated rings. The molecule has 114 valence electrons. The third kappa shape index (κ3) is 5.21. The molecule has 0 spiro atoms. The van der Waals surface area contributed by atoms with Crippen molar-refractivity contribution in [2.45, 2.75) is 31.9 Å². The Bertz CT molecular complexity index is 611. The summed E-state index contributed by atoms with van der Waals surface area (Å²) in [5.74, 6) is 3.51. The zero-order valence-electron chi connectivity index (χ0n) is 12.6. The van der Waals surface area contributed by atoms with E-state index in [-0.39, 0.29) is 5.41 Å². The summed E-state index contributed by atoms with van der Waals surface area (Å²) >= 11 is 6.69. The first-order valence-electron chi connectivity index (χ1n) is 6.90. The van der Waals surface area contributed by atoms with Gasteiger partial charge in [0.1, 0.15) is 11.6 Å². The van der Waals surface area contributed by atoms with Gasteiger partial charge in [-0.2, -0.15) is 16.9 Å². The molecule has 0 amide bonds. The highest BCUT2D eigenvalue weighted by Crippen LogP contribution is 2.24. The number of thioether (sulfide) groups is 1. The van der Waals surface area contributed by atoms with Gasteiger partial charge < -0.3 is 9.72 Å². The third-order valence-corrected chi connectivity index (χ3v) is 4.13. The molecule has 0 aliphatic rings. The van der Waals surface area contributed by atoms with Gasteiger partial charge in [-0.15, -0.1) is 0 Å². The highest BCUT2D eigenvalue weighted by atomic mass is 32.2. The molecule has 4 nitrogen and oxygen atoms in total. The zero-order valence-corrected chi connectivity index (χ0v) is 14.2. The number of hydrogen-bond acceptors (Lipinski definition) is 4. The molecule has 6 heteroatoms. The Morgan fingerprint density at radius 3 is 2.52 bits per heavy atom. The number of nitrogens with one attached hydrogen (secondary N) is 2. The minimum atomic E-state index is 0.179. The minimum absolute atomic E-state index is 0.179. The standard InChI is InChI=1S/C15H21N3OS2/c1-15(2,3)11-4-6-12(7-5-11)19-8-9-21-10-13-16-14(20)18-17-13/h4-7H,8-10H2,1-3H3,(H2,16,17,18,20). The topological polar surface area (TPSA) is 53.7 Å². The maximum absolute atomic E-state index is 5.74. The molecule has 2 rings (SSSR count). The van der Waals surface area contributed by atoms with Crippen LogP contribution in [0.2, 0.25) is 0 Å². The Kier molecular flexibility index (Phi) is 5.47. The number of aromatic amines is 2. The fraction of sp³-hybridized carbons (Fsp3) is 0.467. The molecule has 2 N–H and O–H groups in total. The molecule has 21 heavy (non-hydrogen) atoms. The van der Waals surface area contributed by atoms with Crippen LogP contribution in [0.4, 0.5) is 0 Å². The minimum Gasteiger partial charge on any atom is -0.493 e. The summed E-state index contributed by atoms with van der Waals surface area (Å²) in [4.78, 5) is 2.99. The monoisotopic (exact) mass is 323 g/mol. The summed E-state index contributed by atoms with van der Waals surface area (Å²) < 4.78 is 6.31. The van der Waals surface area contributed by atoms with Crippen LogP contribution in [-0.4, -0.2) is 27.5 Å². The highest BCUT2D eigenvalue weighted by molar-refractivity contribution is 7.98. The Morgan fingerprint density at radius 1 is 1.24 bits per heavy atom. The Balaban J connectivity index is 1.70. The van der Waals surface area contributed by atoms with E-state index in [0.717, 1.165) is 23.1 Å². The lowest BCUT2D eigenvalue weighted by atomic mass is 9.87. The summed E-state index contributed by atoms with van der Waals surface area (Å²) in [6.45, 7) is 7.31. The first kappa shape index (κ1) is 16.1. The Morgan fingerprint density at radius 2 is 1.95 bits per heavy atom. The maximum Gasteiger partial charge on any atom is 0.192 e. The zero-order chi connectivity index (χ0) is 15.3. The molecular weight excluding hydrogens is 302 g/mol. The summed E-state index contributed by atoms with van der Waals surface area (Å²) in [6, 6.07) is 8.34. The fourth-order valence-corrected chi connectivity index (χ4v) is 2.65. The van der Waals surface area contributed by atoms with E-state index in [9.17, 15) is 0 Å². The van der Waals surface area contributed by atoms with Gasteiger partial charge in [-0.05, 0) is 35.3 Å². The lowest BCUT2D eigenvalue weighted by Crippen LogP contribution is -2.10. The average molecular weight is 323 g/mol. The van der Waals surface area contributed by atoms with Crippen molar-refractivity contribution in [3.05, 3.63) is 40.4 Å². The number of nitrogens with zero attached hydrogens (tertiary/aromatic N) is 1. The fourth-order valence-electron chi connectivity index (χ4n) is 1.81. The van der Waals surface area contributed by atoms with E-state index in [1.54, 1.807) is 11.8 Å². The van der Waals surface area contributed by atoms with Crippen LogP contribution in [0.1, 0.15) is 32.2 Å². The molecule has 0 saturated carbocycles. The van der Waals surface area contributed by atoms with Crippen molar-refractivity contribution in [3.8, 4) is 5.75 Å². The van der Waals surface area contributed by atoms with Crippen molar-refractivity contribution >= 4 is 24.0 Å². The Labute approximate surface area is 134 Å². The van der Waals surface area contributed by atoms with Crippen LogP contribution in [0, 0.1) is 4.77 Å². The molecule has 0 bridgehead atoms. The summed E-state index contributed by atoms with van der Waals surface area (Å²) in [6.07, 6.45) is 0. The van der Waals surface area contributed by atoms with Crippen molar-refractivity contribution in [2.75, 3.05) is 12.4 Å².